The van der Waals surface area contributed by atoms with Gasteiger partial charge in [-0.3, -0.25) is 4.79 Å². The van der Waals surface area contributed by atoms with E-state index in [4.69, 9.17) is 0 Å². The highest BCUT2D eigenvalue weighted by Gasteiger charge is 2.00. The standard InChI is InChI=1S/C16H18N2O2/c1-12-10-15(18(20)16(19)11-12)9-6-13-4-7-14(8-5-13)17(2)3/h4-11,20H,1-3H3. The highest BCUT2D eigenvalue weighted by Crippen LogP contribution is 2.14. The van der Waals surface area contributed by atoms with Crippen molar-refractivity contribution in [2.45, 2.75) is 6.92 Å². The van der Waals surface area contributed by atoms with Crippen LogP contribution in [-0.4, -0.2) is 24.0 Å². The third-order valence-electron chi connectivity index (χ3n) is 3.04. The maximum Gasteiger partial charge on any atom is 0.283 e. The number of hydrogen-bond donors (Lipinski definition) is 1. The Morgan fingerprint density at radius 1 is 1.10 bits per heavy atom. The van der Waals surface area contributed by atoms with E-state index in [0.717, 1.165) is 16.8 Å². The van der Waals surface area contributed by atoms with E-state index in [1.165, 1.54) is 6.07 Å². The molecule has 0 aliphatic carbocycles. The molecule has 0 radical (unpaired) electrons. The Hall–Kier alpha value is -2.49. The molecule has 20 heavy (non-hydrogen) atoms. The van der Waals surface area contributed by atoms with E-state index < -0.39 is 5.56 Å². The average Bonchev–Trinajstić information content (AvgIpc) is 2.41. The van der Waals surface area contributed by atoms with Crippen LogP contribution < -0.4 is 10.5 Å². The number of pyridine rings is 1. The number of aromatic nitrogens is 1. The molecule has 0 spiro atoms. The van der Waals surface area contributed by atoms with Crippen LogP contribution in [0.3, 0.4) is 0 Å². The van der Waals surface area contributed by atoms with Crippen molar-refractivity contribution in [1.82, 2.24) is 4.73 Å². The van der Waals surface area contributed by atoms with Gasteiger partial charge >= 0.3 is 0 Å². The van der Waals surface area contributed by atoms with Crippen LogP contribution in [0.15, 0.2) is 41.2 Å². The lowest BCUT2D eigenvalue weighted by Crippen LogP contribution is -2.18. The quantitative estimate of drug-likeness (QED) is 0.872. The van der Waals surface area contributed by atoms with Gasteiger partial charge in [0.15, 0.2) is 0 Å². The van der Waals surface area contributed by atoms with Gasteiger partial charge < -0.3 is 10.1 Å². The molecule has 1 aromatic heterocycles. The van der Waals surface area contributed by atoms with Crippen LogP contribution in [0.25, 0.3) is 12.2 Å². The molecule has 0 unspecified atom stereocenters. The normalized spacial score (nSPS) is 10.9. The van der Waals surface area contributed by atoms with Crippen LogP contribution in [0, 0.1) is 6.92 Å². The molecular formula is C16H18N2O2. The molecule has 2 aromatic rings. The lowest BCUT2D eigenvalue weighted by Gasteiger charge is -2.11. The molecule has 0 aliphatic rings. The Labute approximate surface area is 118 Å². The first-order chi connectivity index (χ1) is 9.47. The van der Waals surface area contributed by atoms with Gasteiger partial charge in [0, 0.05) is 25.8 Å². The van der Waals surface area contributed by atoms with E-state index in [-0.39, 0.29) is 0 Å². The summed E-state index contributed by atoms with van der Waals surface area (Å²) in [5.74, 6) is 0. The number of hydrogen-bond acceptors (Lipinski definition) is 3. The Kier molecular flexibility index (Phi) is 3.94. The predicted octanol–water partition coefficient (Wildman–Crippen LogP) is 2.63. The number of nitrogens with zero attached hydrogens (tertiary/aromatic N) is 2. The second-order valence-electron chi connectivity index (χ2n) is 4.93. The van der Waals surface area contributed by atoms with Gasteiger partial charge in [-0.1, -0.05) is 18.2 Å². The largest absolute Gasteiger partial charge is 0.425 e. The summed E-state index contributed by atoms with van der Waals surface area (Å²) in [5.41, 5.74) is 2.99. The van der Waals surface area contributed by atoms with Crippen molar-refractivity contribution in [3.05, 3.63) is 63.6 Å². The molecule has 0 saturated carbocycles. The molecule has 0 aliphatic heterocycles. The summed E-state index contributed by atoms with van der Waals surface area (Å²) < 4.78 is 0.650. The molecular weight excluding hydrogens is 252 g/mol. The van der Waals surface area contributed by atoms with Gasteiger partial charge in [-0.2, -0.15) is 0 Å². The fraction of sp³-hybridized carbons (Fsp3) is 0.188. The van der Waals surface area contributed by atoms with E-state index in [9.17, 15) is 10.0 Å². The molecule has 4 heteroatoms. The average molecular weight is 270 g/mol. The fourth-order valence-corrected chi connectivity index (χ4v) is 1.90. The minimum absolute atomic E-state index is 0.424. The minimum atomic E-state index is -0.424. The van der Waals surface area contributed by atoms with Gasteiger partial charge in [0.05, 0.1) is 5.69 Å². The van der Waals surface area contributed by atoms with Crippen molar-refractivity contribution < 1.29 is 5.21 Å². The number of aryl methyl sites for hydroxylation is 1. The van der Waals surface area contributed by atoms with Gasteiger partial charge in [0.25, 0.3) is 5.56 Å². The third kappa shape index (κ3) is 3.09. The van der Waals surface area contributed by atoms with E-state index >= 15 is 0 Å². The van der Waals surface area contributed by atoms with Crippen LogP contribution >= 0.6 is 0 Å². The Morgan fingerprint density at radius 3 is 2.35 bits per heavy atom. The number of anilines is 1. The van der Waals surface area contributed by atoms with E-state index in [2.05, 4.69) is 0 Å². The molecule has 1 aromatic carbocycles. The van der Waals surface area contributed by atoms with Gasteiger partial charge in [-0.05, 0) is 42.3 Å². The zero-order valence-corrected chi connectivity index (χ0v) is 11.9. The molecule has 2 rings (SSSR count). The summed E-state index contributed by atoms with van der Waals surface area (Å²) in [5, 5.41) is 9.66. The van der Waals surface area contributed by atoms with Crippen molar-refractivity contribution in [1.29, 1.82) is 0 Å². The first-order valence-corrected chi connectivity index (χ1v) is 6.36. The summed E-state index contributed by atoms with van der Waals surface area (Å²) >= 11 is 0. The molecule has 0 fully saturated rings. The first-order valence-electron chi connectivity index (χ1n) is 6.36. The molecule has 0 atom stereocenters. The number of benzene rings is 1. The van der Waals surface area contributed by atoms with Gasteiger partial charge in [0.2, 0.25) is 0 Å². The van der Waals surface area contributed by atoms with Crippen LogP contribution in [0.2, 0.25) is 0 Å². The second kappa shape index (κ2) is 5.65. The van der Waals surface area contributed by atoms with Crippen LogP contribution in [-0.2, 0) is 0 Å². The summed E-state index contributed by atoms with van der Waals surface area (Å²) in [6.45, 7) is 1.82. The van der Waals surface area contributed by atoms with Crippen molar-refractivity contribution in [3.63, 3.8) is 0 Å². The Balaban J connectivity index is 2.27. The van der Waals surface area contributed by atoms with E-state index in [1.54, 1.807) is 12.1 Å². The van der Waals surface area contributed by atoms with Gasteiger partial charge in [-0.15, -0.1) is 4.73 Å². The molecule has 0 amide bonds. The maximum atomic E-state index is 11.5. The highest BCUT2D eigenvalue weighted by molar-refractivity contribution is 5.69. The van der Waals surface area contributed by atoms with Crippen molar-refractivity contribution in [2.24, 2.45) is 0 Å². The maximum absolute atomic E-state index is 11.5. The fourth-order valence-electron chi connectivity index (χ4n) is 1.90. The van der Waals surface area contributed by atoms with Crippen LogP contribution in [0.4, 0.5) is 5.69 Å². The third-order valence-corrected chi connectivity index (χ3v) is 3.04. The summed E-state index contributed by atoms with van der Waals surface area (Å²) in [7, 11) is 3.98. The Morgan fingerprint density at radius 2 is 1.75 bits per heavy atom. The number of rotatable bonds is 3. The zero-order valence-electron chi connectivity index (χ0n) is 11.9. The molecule has 104 valence electrons. The molecule has 1 N–H and O–H groups in total. The SMILES string of the molecule is Cc1cc(C=Cc2ccc(N(C)C)cc2)n(O)c(=O)c1. The van der Waals surface area contributed by atoms with Gasteiger partial charge in [-0.25, -0.2) is 0 Å². The second-order valence-corrected chi connectivity index (χ2v) is 4.93. The van der Waals surface area contributed by atoms with Crippen LogP contribution in [0.1, 0.15) is 16.8 Å². The Bertz CT molecular complexity index is 683. The minimum Gasteiger partial charge on any atom is -0.425 e. The summed E-state index contributed by atoms with van der Waals surface area (Å²) in [6.07, 6.45) is 3.58. The predicted molar refractivity (Wildman–Crippen MR) is 82.3 cm³/mol. The monoisotopic (exact) mass is 270 g/mol. The molecule has 1 heterocycles. The van der Waals surface area contributed by atoms with Crippen LogP contribution in [0.5, 0.6) is 0 Å². The van der Waals surface area contributed by atoms with E-state index in [1.807, 2.05) is 56.3 Å². The highest BCUT2D eigenvalue weighted by atomic mass is 16.5. The lowest BCUT2D eigenvalue weighted by molar-refractivity contribution is 0.172. The van der Waals surface area contributed by atoms with Crippen molar-refractivity contribution in [2.75, 3.05) is 19.0 Å². The molecule has 0 saturated heterocycles. The first kappa shape index (κ1) is 13.9. The zero-order chi connectivity index (χ0) is 14.7. The summed E-state index contributed by atoms with van der Waals surface area (Å²) in [6, 6.07) is 11.2. The van der Waals surface area contributed by atoms with Crippen molar-refractivity contribution >= 4 is 17.8 Å². The summed E-state index contributed by atoms with van der Waals surface area (Å²) in [4.78, 5) is 13.5. The smallest absolute Gasteiger partial charge is 0.283 e. The molecule has 0 bridgehead atoms. The lowest BCUT2D eigenvalue weighted by atomic mass is 10.1. The van der Waals surface area contributed by atoms with Gasteiger partial charge in [0.1, 0.15) is 0 Å². The van der Waals surface area contributed by atoms with Crippen molar-refractivity contribution in [3.8, 4) is 0 Å². The topological polar surface area (TPSA) is 45.5 Å². The molecule has 4 nitrogen and oxygen atoms in total. The van der Waals surface area contributed by atoms with E-state index in [0.29, 0.717) is 10.4 Å².